The van der Waals surface area contributed by atoms with Gasteiger partial charge in [0.05, 0.1) is 32.1 Å². The van der Waals surface area contributed by atoms with Crippen molar-refractivity contribution in [1.82, 2.24) is 14.8 Å². The molecule has 1 N–H and O–H groups in total. The quantitative estimate of drug-likeness (QED) is 0.475. The SMILES string of the molecule is CCCOc1ccc(C2CN3C(=O)CN(CCOC)C(=O)[C@]3(C)c3[nH]c4ccccc4c32)cc1OCC. The first-order valence-electron chi connectivity index (χ1n) is 13.0. The summed E-state index contributed by atoms with van der Waals surface area (Å²) in [7, 11) is 1.60. The highest BCUT2D eigenvalue weighted by molar-refractivity contribution is 6.01. The highest BCUT2D eigenvalue weighted by atomic mass is 16.5. The average Bonchev–Trinajstić information content (AvgIpc) is 3.30. The van der Waals surface area contributed by atoms with Crippen molar-refractivity contribution in [3.8, 4) is 11.5 Å². The second-order valence-corrected chi connectivity index (χ2v) is 9.80. The van der Waals surface area contributed by atoms with Gasteiger partial charge in [-0.05, 0) is 49.6 Å². The molecule has 0 radical (unpaired) electrons. The van der Waals surface area contributed by atoms with E-state index in [4.69, 9.17) is 14.2 Å². The number of hydrogen-bond acceptors (Lipinski definition) is 5. The van der Waals surface area contributed by atoms with Gasteiger partial charge in [-0.3, -0.25) is 9.59 Å². The van der Waals surface area contributed by atoms with Gasteiger partial charge in [0.1, 0.15) is 0 Å². The van der Waals surface area contributed by atoms with Crippen LogP contribution in [0.2, 0.25) is 0 Å². The highest BCUT2D eigenvalue weighted by Crippen LogP contribution is 2.48. The Morgan fingerprint density at radius 3 is 2.62 bits per heavy atom. The van der Waals surface area contributed by atoms with Crippen LogP contribution in [0.15, 0.2) is 42.5 Å². The molecule has 2 aliphatic rings. The summed E-state index contributed by atoms with van der Waals surface area (Å²) >= 11 is 0. The summed E-state index contributed by atoms with van der Waals surface area (Å²) in [6.45, 7) is 8.21. The van der Waals surface area contributed by atoms with E-state index in [1.54, 1.807) is 16.9 Å². The molecule has 1 fully saturated rings. The standard InChI is InChI=1S/C29H35N3O5/c1-5-14-37-23-12-11-19(16-24(23)36-6-2)21-17-32-25(33)18-31(13-15-35-4)28(34)29(32,3)27-26(21)20-9-7-8-10-22(20)30-27/h7-12,16,21,30H,5-6,13-15,17-18H2,1-4H3/t21?,29-/m0/s1. The number of methoxy groups -OCH3 is 1. The first kappa shape index (κ1) is 25.1. The monoisotopic (exact) mass is 505 g/mol. The van der Waals surface area contributed by atoms with Gasteiger partial charge in [-0.2, -0.15) is 0 Å². The van der Waals surface area contributed by atoms with E-state index in [9.17, 15) is 9.59 Å². The molecule has 1 aromatic heterocycles. The molecule has 2 aliphatic heterocycles. The van der Waals surface area contributed by atoms with Crippen molar-refractivity contribution >= 4 is 22.7 Å². The number of amides is 2. The Morgan fingerprint density at radius 2 is 1.86 bits per heavy atom. The van der Waals surface area contributed by atoms with Gasteiger partial charge < -0.3 is 29.0 Å². The summed E-state index contributed by atoms with van der Waals surface area (Å²) < 4.78 is 17.1. The van der Waals surface area contributed by atoms with Gasteiger partial charge in [0.25, 0.3) is 5.91 Å². The lowest BCUT2D eigenvalue weighted by atomic mass is 9.76. The summed E-state index contributed by atoms with van der Waals surface area (Å²) in [5.41, 5.74) is 2.66. The van der Waals surface area contributed by atoms with E-state index >= 15 is 0 Å². The van der Waals surface area contributed by atoms with Crippen LogP contribution in [-0.4, -0.2) is 73.2 Å². The number of aromatic nitrogens is 1. The second-order valence-electron chi connectivity index (χ2n) is 9.80. The van der Waals surface area contributed by atoms with Crippen LogP contribution >= 0.6 is 0 Å². The third-order valence-electron chi connectivity index (χ3n) is 7.51. The van der Waals surface area contributed by atoms with Crippen LogP contribution in [0, 0.1) is 0 Å². The molecule has 8 nitrogen and oxygen atoms in total. The zero-order chi connectivity index (χ0) is 26.2. The van der Waals surface area contributed by atoms with Crippen LogP contribution in [0.1, 0.15) is 49.9 Å². The maximum Gasteiger partial charge on any atom is 0.255 e. The molecule has 1 saturated heterocycles. The molecule has 196 valence electrons. The Balaban J connectivity index is 1.66. The first-order valence-corrected chi connectivity index (χ1v) is 13.0. The Morgan fingerprint density at radius 1 is 1.05 bits per heavy atom. The zero-order valence-electron chi connectivity index (χ0n) is 22.0. The topological polar surface area (TPSA) is 84.1 Å². The Bertz CT molecular complexity index is 1320. The molecule has 5 rings (SSSR count). The summed E-state index contributed by atoms with van der Waals surface area (Å²) in [5.74, 6) is 1.11. The Hall–Kier alpha value is -3.52. The van der Waals surface area contributed by atoms with Crippen molar-refractivity contribution < 1.29 is 23.8 Å². The lowest BCUT2D eigenvalue weighted by Crippen LogP contribution is -2.67. The normalized spacial score (nSPS) is 21.2. The van der Waals surface area contributed by atoms with Crippen molar-refractivity contribution in [2.45, 2.75) is 38.6 Å². The van der Waals surface area contributed by atoms with Crippen LogP contribution in [0.3, 0.4) is 0 Å². The van der Waals surface area contributed by atoms with E-state index in [1.807, 2.05) is 50.2 Å². The summed E-state index contributed by atoms with van der Waals surface area (Å²) in [6, 6.07) is 14.1. The number of H-pyrrole nitrogens is 1. The minimum absolute atomic E-state index is 0.0497. The number of ether oxygens (including phenoxy) is 3. The average molecular weight is 506 g/mol. The minimum Gasteiger partial charge on any atom is -0.490 e. The number of aromatic amines is 1. The number of benzene rings is 2. The molecule has 3 heterocycles. The van der Waals surface area contributed by atoms with E-state index in [0.29, 0.717) is 44.4 Å². The molecule has 0 aliphatic carbocycles. The predicted molar refractivity (Wildman–Crippen MR) is 141 cm³/mol. The van der Waals surface area contributed by atoms with Gasteiger partial charge in [0.15, 0.2) is 17.0 Å². The number of carbonyl (C=O) groups excluding carboxylic acids is 2. The van der Waals surface area contributed by atoms with Crippen LogP contribution in [0.4, 0.5) is 0 Å². The maximum atomic E-state index is 13.9. The molecular formula is C29H35N3O5. The van der Waals surface area contributed by atoms with Crippen molar-refractivity contribution in [2.24, 2.45) is 0 Å². The van der Waals surface area contributed by atoms with E-state index in [1.165, 1.54) is 0 Å². The third kappa shape index (κ3) is 4.13. The largest absolute Gasteiger partial charge is 0.490 e. The molecule has 0 bridgehead atoms. The molecule has 3 aromatic rings. The van der Waals surface area contributed by atoms with E-state index in [0.717, 1.165) is 34.1 Å². The summed E-state index contributed by atoms with van der Waals surface area (Å²) in [5, 5.41) is 1.06. The van der Waals surface area contributed by atoms with E-state index in [2.05, 4.69) is 18.0 Å². The molecule has 2 aromatic carbocycles. The number of rotatable bonds is 9. The van der Waals surface area contributed by atoms with Crippen LogP contribution in [0.5, 0.6) is 11.5 Å². The van der Waals surface area contributed by atoms with Crippen LogP contribution in [-0.2, 0) is 19.9 Å². The Kier molecular flexibility index (Phi) is 6.86. The van der Waals surface area contributed by atoms with Crippen molar-refractivity contribution in [1.29, 1.82) is 0 Å². The van der Waals surface area contributed by atoms with Gasteiger partial charge in [-0.1, -0.05) is 31.2 Å². The van der Waals surface area contributed by atoms with Crippen molar-refractivity contribution in [3.63, 3.8) is 0 Å². The molecule has 2 amide bonds. The van der Waals surface area contributed by atoms with Gasteiger partial charge >= 0.3 is 0 Å². The highest BCUT2D eigenvalue weighted by Gasteiger charge is 2.56. The fourth-order valence-corrected chi connectivity index (χ4v) is 5.70. The lowest BCUT2D eigenvalue weighted by molar-refractivity contribution is -0.166. The number of carbonyl (C=O) groups is 2. The first-order chi connectivity index (χ1) is 17.9. The maximum absolute atomic E-state index is 13.9. The predicted octanol–water partition coefficient (Wildman–Crippen LogP) is 4.03. The molecular weight excluding hydrogens is 470 g/mol. The van der Waals surface area contributed by atoms with Crippen molar-refractivity contribution in [3.05, 3.63) is 59.3 Å². The zero-order valence-corrected chi connectivity index (χ0v) is 22.0. The van der Waals surface area contributed by atoms with E-state index < -0.39 is 5.54 Å². The molecule has 0 saturated carbocycles. The number of hydrogen-bond donors (Lipinski definition) is 1. The third-order valence-corrected chi connectivity index (χ3v) is 7.51. The molecule has 2 atom stereocenters. The van der Waals surface area contributed by atoms with Gasteiger partial charge in [0, 0.05) is 37.0 Å². The van der Waals surface area contributed by atoms with Gasteiger partial charge in [-0.25, -0.2) is 0 Å². The fourth-order valence-electron chi connectivity index (χ4n) is 5.70. The van der Waals surface area contributed by atoms with Crippen LogP contribution < -0.4 is 9.47 Å². The lowest BCUT2D eigenvalue weighted by Gasteiger charge is -2.51. The summed E-state index contributed by atoms with van der Waals surface area (Å²) in [6.07, 6.45) is 0.903. The number of nitrogens with zero attached hydrogens (tertiary/aromatic N) is 2. The second kappa shape index (κ2) is 10.1. The number of nitrogens with one attached hydrogen (secondary N) is 1. The number of piperazine rings is 1. The minimum atomic E-state index is -1.12. The molecule has 37 heavy (non-hydrogen) atoms. The molecule has 0 spiro atoms. The Labute approximate surface area is 217 Å². The van der Waals surface area contributed by atoms with Gasteiger partial charge in [-0.15, -0.1) is 0 Å². The van der Waals surface area contributed by atoms with Crippen molar-refractivity contribution in [2.75, 3.05) is 46.6 Å². The van der Waals surface area contributed by atoms with Crippen LogP contribution in [0.25, 0.3) is 10.9 Å². The molecule has 1 unspecified atom stereocenters. The van der Waals surface area contributed by atoms with Gasteiger partial charge in [0.2, 0.25) is 5.91 Å². The summed E-state index contributed by atoms with van der Waals surface area (Å²) in [4.78, 5) is 34.4. The molecule has 8 heteroatoms. The number of fused-ring (bicyclic) bond motifs is 5. The smallest absolute Gasteiger partial charge is 0.255 e. The fraction of sp³-hybridized carbons (Fsp3) is 0.448. The number of para-hydroxylation sites is 1. The van der Waals surface area contributed by atoms with E-state index in [-0.39, 0.29) is 24.3 Å².